The highest BCUT2D eigenvalue weighted by molar-refractivity contribution is 5.69. The van der Waals surface area contributed by atoms with Crippen molar-refractivity contribution in [3.63, 3.8) is 0 Å². The molecule has 0 bridgehead atoms. The fraction of sp³-hybridized carbons (Fsp3) is 0.533. The minimum Gasteiger partial charge on any atom is -0.493 e. The molecule has 1 saturated heterocycles. The molecule has 0 saturated carbocycles. The van der Waals surface area contributed by atoms with Crippen LogP contribution in [0.3, 0.4) is 0 Å². The van der Waals surface area contributed by atoms with E-state index in [4.69, 9.17) is 14.2 Å². The molecular formula is C15H22N2O4. The van der Waals surface area contributed by atoms with E-state index < -0.39 is 0 Å². The Balaban J connectivity index is 2.18. The van der Waals surface area contributed by atoms with Gasteiger partial charge in [0.25, 0.3) is 0 Å². The van der Waals surface area contributed by atoms with E-state index in [0.717, 1.165) is 12.1 Å². The molecule has 0 radical (unpaired) electrons. The molecule has 0 spiro atoms. The van der Waals surface area contributed by atoms with E-state index in [0.29, 0.717) is 31.2 Å². The highest BCUT2D eigenvalue weighted by Gasteiger charge is 2.25. The Labute approximate surface area is 125 Å². The summed E-state index contributed by atoms with van der Waals surface area (Å²) in [6.45, 7) is 4.51. The van der Waals surface area contributed by atoms with Gasteiger partial charge in [-0.15, -0.1) is 0 Å². The first-order valence-corrected chi connectivity index (χ1v) is 7.06. The van der Waals surface area contributed by atoms with Crippen molar-refractivity contribution in [3.8, 4) is 11.5 Å². The third kappa shape index (κ3) is 3.58. The fourth-order valence-corrected chi connectivity index (χ4v) is 2.42. The number of amides is 1. The lowest BCUT2D eigenvalue weighted by molar-refractivity contribution is 0.156. The molecule has 1 aromatic rings. The number of carbonyl (C=O) groups is 1. The van der Waals surface area contributed by atoms with Crippen LogP contribution in [0.2, 0.25) is 0 Å². The van der Waals surface area contributed by atoms with E-state index in [1.54, 1.807) is 19.1 Å². The normalized spacial score (nSPS) is 15.8. The van der Waals surface area contributed by atoms with Gasteiger partial charge in [-0.2, -0.15) is 0 Å². The number of nitrogens with one attached hydrogen (secondary N) is 1. The summed E-state index contributed by atoms with van der Waals surface area (Å²) in [5.74, 6) is 1.37. The van der Waals surface area contributed by atoms with Crippen LogP contribution in [0.25, 0.3) is 0 Å². The Hall–Kier alpha value is -1.95. The standard InChI is InChI=1S/C15H22N2O4/c1-4-16-12(10-17-7-8-21-15(17)18)11-5-6-13(19-2)14(9-11)20-3/h5-6,9,12,16H,4,7-8,10H2,1-3H3. The second kappa shape index (κ2) is 7.17. The summed E-state index contributed by atoms with van der Waals surface area (Å²) in [7, 11) is 3.22. The second-order valence-corrected chi connectivity index (χ2v) is 4.79. The zero-order valence-corrected chi connectivity index (χ0v) is 12.7. The van der Waals surface area contributed by atoms with E-state index >= 15 is 0 Å². The Morgan fingerprint density at radius 3 is 2.67 bits per heavy atom. The lowest BCUT2D eigenvalue weighted by Crippen LogP contribution is -2.35. The Morgan fingerprint density at radius 2 is 2.10 bits per heavy atom. The molecule has 0 aliphatic carbocycles. The molecule has 0 aromatic heterocycles. The summed E-state index contributed by atoms with van der Waals surface area (Å²) in [6.07, 6.45) is -0.252. The monoisotopic (exact) mass is 294 g/mol. The molecule has 1 N–H and O–H groups in total. The van der Waals surface area contributed by atoms with Crippen molar-refractivity contribution in [3.05, 3.63) is 23.8 Å². The number of benzene rings is 1. The summed E-state index contributed by atoms with van der Waals surface area (Å²) < 4.78 is 15.6. The first kappa shape index (κ1) is 15.4. The van der Waals surface area contributed by atoms with Gasteiger partial charge in [-0.1, -0.05) is 13.0 Å². The maximum atomic E-state index is 11.6. The van der Waals surface area contributed by atoms with Gasteiger partial charge in [-0.3, -0.25) is 0 Å². The van der Waals surface area contributed by atoms with Crippen molar-refractivity contribution >= 4 is 6.09 Å². The molecule has 1 atom stereocenters. The van der Waals surface area contributed by atoms with E-state index in [2.05, 4.69) is 5.32 Å². The average molecular weight is 294 g/mol. The average Bonchev–Trinajstić information content (AvgIpc) is 2.91. The van der Waals surface area contributed by atoms with Crippen molar-refractivity contribution in [1.29, 1.82) is 0 Å². The third-order valence-electron chi connectivity index (χ3n) is 3.51. The van der Waals surface area contributed by atoms with E-state index in [1.165, 1.54) is 0 Å². The summed E-state index contributed by atoms with van der Waals surface area (Å²) in [4.78, 5) is 13.3. The summed E-state index contributed by atoms with van der Waals surface area (Å²) in [6, 6.07) is 5.82. The molecule has 1 aliphatic rings. The third-order valence-corrected chi connectivity index (χ3v) is 3.51. The van der Waals surface area contributed by atoms with Crippen LogP contribution in [0.15, 0.2) is 18.2 Å². The van der Waals surface area contributed by atoms with Gasteiger partial charge in [0.15, 0.2) is 11.5 Å². The van der Waals surface area contributed by atoms with E-state index in [1.807, 2.05) is 25.1 Å². The lowest BCUT2D eigenvalue weighted by Gasteiger charge is -2.24. The number of cyclic esters (lactones) is 1. The van der Waals surface area contributed by atoms with Crippen LogP contribution in [0.1, 0.15) is 18.5 Å². The van der Waals surface area contributed by atoms with Gasteiger partial charge in [-0.05, 0) is 24.2 Å². The molecule has 116 valence electrons. The number of carbonyl (C=O) groups excluding carboxylic acids is 1. The largest absolute Gasteiger partial charge is 0.493 e. The number of likely N-dealkylation sites (N-methyl/N-ethyl adjacent to an activating group) is 1. The number of ether oxygens (including phenoxy) is 3. The summed E-state index contributed by atoms with van der Waals surface area (Å²) >= 11 is 0. The zero-order chi connectivity index (χ0) is 15.2. The van der Waals surface area contributed by atoms with Crippen LogP contribution in [0, 0.1) is 0 Å². The van der Waals surface area contributed by atoms with Crippen molar-refractivity contribution in [1.82, 2.24) is 10.2 Å². The molecule has 1 heterocycles. The molecule has 6 nitrogen and oxygen atoms in total. The smallest absolute Gasteiger partial charge is 0.410 e. The van der Waals surface area contributed by atoms with Crippen LogP contribution in [0.5, 0.6) is 11.5 Å². The van der Waals surface area contributed by atoms with Crippen molar-refractivity contribution < 1.29 is 19.0 Å². The topological polar surface area (TPSA) is 60.0 Å². The maximum Gasteiger partial charge on any atom is 0.410 e. The SMILES string of the molecule is CCNC(CN1CCOC1=O)c1ccc(OC)c(OC)c1. The van der Waals surface area contributed by atoms with Gasteiger partial charge >= 0.3 is 6.09 Å². The van der Waals surface area contributed by atoms with Gasteiger partial charge in [0.05, 0.1) is 26.8 Å². The number of hydrogen-bond acceptors (Lipinski definition) is 5. The fourth-order valence-electron chi connectivity index (χ4n) is 2.42. The number of rotatable bonds is 7. The highest BCUT2D eigenvalue weighted by Crippen LogP contribution is 2.30. The Kier molecular flexibility index (Phi) is 5.27. The van der Waals surface area contributed by atoms with Gasteiger partial charge < -0.3 is 24.4 Å². The van der Waals surface area contributed by atoms with Crippen LogP contribution in [0.4, 0.5) is 4.79 Å². The molecule has 6 heteroatoms. The van der Waals surface area contributed by atoms with Crippen LogP contribution in [-0.4, -0.2) is 51.5 Å². The molecule has 21 heavy (non-hydrogen) atoms. The molecule has 1 aliphatic heterocycles. The lowest BCUT2D eigenvalue weighted by atomic mass is 10.1. The summed E-state index contributed by atoms with van der Waals surface area (Å²) in [5, 5.41) is 3.39. The van der Waals surface area contributed by atoms with E-state index in [-0.39, 0.29) is 12.1 Å². The first-order valence-electron chi connectivity index (χ1n) is 7.06. The number of methoxy groups -OCH3 is 2. The first-order chi connectivity index (χ1) is 10.2. The van der Waals surface area contributed by atoms with Crippen LogP contribution in [-0.2, 0) is 4.74 Å². The highest BCUT2D eigenvalue weighted by atomic mass is 16.6. The van der Waals surface area contributed by atoms with Gasteiger partial charge in [0.2, 0.25) is 0 Å². The van der Waals surface area contributed by atoms with Gasteiger partial charge in [-0.25, -0.2) is 4.79 Å². The van der Waals surface area contributed by atoms with Crippen LogP contribution < -0.4 is 14.8 Å². The molecule has 1 amide bonds. The number of hydrogen-bond donors (Lipinski definition) is 1. The minimum atomic E-state index is -0.252. The maximum absolute atomic E-state index is 11.6. The molecule has 1 unspecified atom stereocenters. The molecule has 1 fully saturated rings. The van der Waals surface area contributed by atoms with E-state index in [9.17, 15) is 4.79 Å². The van der Waals surface area contributed by atoms with Crippen molar-refractivity contribution in [2.75, 3.05) is 40.5 Å². The quantitative estimate of drug-likeness (QED) is 0.831. The predicted octanol–water partition coefficient (Wildman–Crippen LogP) is 1.81. The van der Waals surface area contributed by atoms with Crippen LogP contribution >= 0.6 is 0 Å². The Morgan fingerprint density at radius 1 is 1.33 bits per heavy atom. The zero-order valence-electron chi connectivity index (χ0n) is 12.7. The molecule has 2 rings (SSSR count). The van der Waals surface area contributed by atoms with Crippen molar-refractivity contribution in [2.45, 2.75) is 13.0 Å². The van der Waals surface area contributed by atoms with Gasteiger partial charge in [0, 0.05) is 6.54 Å². The predicted molar refractivity (Wildman–Crippen MR) is 78.9 cm³/mol. The van der Waals surface area contributed by atoms with Gasteiger partial charge in [0.1, 0.15) is 6.61 Å². The molecule has 1 aromatic carbocycles. The number of nitrogens with zero attached hydrogens (tertiary/aromatic N) is 1. The second-order valence-electron chi connectivity index (χ2n) is 4.79. The minimum absolute atomic E-state index is 0.0282. The molecular weight excluding hydrogens is 272 g/mol. The summed E-state index contributed by atoms with van der Waals surface area (Å²) in [5.41, 5.74) is 1.05. The Bertz CT molecular complexity index is 493. The van der Waals surface area contributed by atoms with Crippen molar-refractivity contribution in [2.24, 2.45) is 0 Å².